The second kappa shape index (κ2) is 11.7. The lowest BCUT2D eigenvalue weighted by Crippen LogP contribution is -2.50. The highest BCUT2D eigenvalue weighted by Gasteiger charge is 2.48. The molecule has 0 saturated carbocycles. The third-order valence-corrected chi connectivity index (χ3v) is 8.88. The fraction of sp³-hybridized carbons (Fsp3) is 0.222. The normalized spacial score (nSPS) is 16.4. The minimum atomic E-state index is -1.03. The van der Waals surface area contributed by atoms with Gasteiger partial charge < -0.3 is 9.74 Å². The van der Waals surface area contributed by atoms with Gasteiger partial charge in [0.1, 0.15) is 5.41 Å². The molecule has 6 rings (SSSR count). The minimum absolute atomic E-state index is 0.224. The van der Waals surface area contributed by atoms with Crippen molar-refractivity contribution in [2.24, 2.45) is 0 Å². The number of hydrogen-bond donors (Lipinski definition) is 0. The van der Waals surface area contributed by atoms with Crippen LogP contribution in [0.1, 0.15) is 56.7 Å². The van der Waals surface area contributed by atoms with Gasteiger partial charge in [0.25, 0.3) is 11.8 Å². The predicted octanol–water partition coefficient (Wildman–Crippen LogP) is 5.67. The number of hydroxylamine groups is 2. The molecule has 0 spiro atoms. The van der Waals surface area contributed by atoms with Gasteiger partial charge in [-0.25, -0.2) is 4.79 Å². The van der Waals surface area contributed by atoms with Crippen molar-refractivity contribution in [1.82, 2.24) is 9.96 Å². The molecule has 0 bridgehead atoms. The van der Waals surface area contributed by atoms with Crippen molar-refractivity contribution in [1.29, 1.82) is 5.26 Å². The topological polar surface area (TPSA) is 90.7 Å². The molecule has 0 radical (unpaired) electrons. The number of benzene rings is 4. The van der Waals surface area contributed by atoms with E-state index in [1.807, 2.05) is 91.0 Å². The Kier molecular flexibility index (Phi) is 7.62. The molecule has 214 valence electrons. The summed E-state index contributed by atoms with van der Waals surface area (Å²) in [6.07, 6.45) is 1.46. The van der Waals surface area contributed by atoms with Crippen molar-refractivity contribution < 1.29 is 19.2 Å². The molecule has 7 nitrogen and oxygen atoms in total. The fourth-order valence-electron chi connectivity index (χ4n) is 6.36. The van der Waals surface area contributed by atoms with Crippen LogP contribution in [0.15, 0.2) is 115 Å². The lowest BCUT2D eigenvalue weighted by molar-refractivity contribution is -0.178. The third-order valence-electron chi connectivity index (χ3n) is 8.88. The van der Waals surface area contributed by atoms with Gasteiger partial charge in [-0.05, 0) is 61.2 Å². The van der Waals surface area contributed by atoms with E-state index in [-0.39, 0.29) is 11.1 Å². The van der Waals surface area contributed by atoms with E-state index >= 15 is 0 Å². The lowest BCUT2D eigenvalue weighted by atomic mass is 9.71. The Morgan fingerprint density at radius 2 is 1.21 bits per heavy atom. The maximum absolute atomic E-state index is 13.9. The minimum Gasteiger partial charge on any atom is -0.329 e. The molecule has 0 aliphatic carbocycles. The molecule has 0 unspecified atom stereocenters. The summed E-state index contributed by atoms with van der Waals surface area (Å²) in [6, 6.07) is 38.3. The van der Waals surface area contributed by atoms with Crippen LogP contribution in [-0.4, -0.2) is 47.4 Å². The van der Waals surface area contributed by atoms with Crippen LogP contribution < -0.4 is 0 Å². The maximum atomic E-state index is 13.9. The number of nitriles is 1. The number of carbonyl (C=O) groups is 3. The highest BCUT2D eigenvalue weighted by molar-refractivity contribution is 6.21. The molecule has 1 fully saturated rings. The molecule has 2 aliphatic heterocycles. The molecule has 4 aromatic rings. The van der Waals surface area contributed by atoms with Crippen molar-refractivity contribution in [3.05, 3.63) is 143 Å². The van der Waals surface area contributed by atoms with E-state index in [2.05, 4.69) is 11.0 Å². The molecule has 1 saturated heterocycles. The van der Waals surface area contributed by atoms with Gasteiger partial charge in [0, 0.05) is 6.54 Å². The van der Waals surface area contributed by atoms with E-state index in [9.17, 15) is 19.6 Å². The van der Waals surface area contributed by atoms with Gasteiger partial charge in [-0.2, -0.15) is 5.26 Å². The van der Waals surface area contributed by atoms with Crippen LogP contribution >= 0.6 is 0 Å². The van der Waals surface area contributed by atoms with Crippen molar-refractivity contribution >= 4 is 17.8 Å². The molecular weight excluding hydrogens is 538 g/mol. The Labute approximate surface area is 250 Å². The second-order valence-electron chi connectivity index (χ2n) is 11.1. The molecule has 0 aromatic heterocycles. The van der Waals surface area contributed by atoms with Crippen LogP contribution in [0.3, 0.4) is 0 Å². The Morgan fingerprint density at radius 3 is 1.70 bits per heavy atom. The third kappa shape index (κ3) is 5.00. The van der Waals surface area contributed by atoms with E-state index in [0.717, 1.165) is 16.7 Å². The van der Waals surface area contributed by atoms with Crippen molar-refractivity contribution in [2.45, 2.75) is 30.1 Å². The summed E-state index contributed by atoms with van der Waals surface area (Å²) in [5.41, 5.74) is 1.28. The van der Waals surface area contributed by atoms with E-state index in [0.29, 0.717) is 44.0 Å². The van der Waals surface area contributed by atoms with Crippen molar-refractivity contribution in [2.75, 3.05) is 19.6 Å². The molecule has 43 heavy (non-hydrogen) atoms. The molecule has 4 aromatic carbocycles. The molecule has 2 heterocycles. The van der Waals surface area contributed by atoms with Crippen molar-refractivity contribution in [3.63, 3.8) is 0 Å². The van der Waals surface area contributed by atoms with E-state index < -0.39 is 28.6 Å². The lowest BCUT2D eigenvalue weighted by Gasteiger charge is -2.41. The number of imide groups is 1. The molecule has 2 aliphatic rings. The summed E-state index contributed by atoms with van der Waals surface area (Å²) in [6.45, 7) is 1.81. The van der Waals surface area contributed by atoms with Gasteiger partial charge in [-0.3, -0.25) is 9.59 Å². The van der Waals surface area contributed by atoms with Crippen LogP contribution in [0.5, 0.6) is 0 Å². The zero-order valence-electron chi connectivity index (χ0n) is 23.7. The Bertz CT molecular complexity index is 1600. The molecule has 7 heteroatoms. The van der Waals surface area contributed by atoms with Gasteiger partial charge in [-0.15, -0.1) is 0 Å². The number of nitrogens with zero attached hydrogens (tertiary/aromatic N) is 3. The van der Waals surface area contributed by atoms with Crippen LogP contribution in [0, 0.1) is 11.3 Å². The van der Waals surface area contributed by atoms with Crippen LogP contribution in [0.2, 0.25) is 0 Å². The maximum Gasteiger partial charge on any atom is 0.343 e. The van der Waals surface area contributed by atoms with Crippen LogP contribution in [0.4, 0.5) is 0 Å². The summed E-state index contributed by atoms with van der Waals surface area (Å²) in [5, 5.41) is 11.2. The Balaban J connectivity index is 1.22. The van der Waals surface area contributed by atoms with Gasteiger partial charge >= 0.3 is 5.97 Å². The molecular formula is C36H31N3O4. The van der Waals surface area contributed by atoms with Gasteiger partial charge in [0.05, 0.1) is 22.6 Å². The molecule has 0 N–H and O–H groups in total. The largest absolute Gasteiger partial charge is 0.343 e. The highest BCUT2D eigenvalue weighted by Crippen LogP contribution is 2.40. The number of likely N-dealkylation sites (tertiary alicyclic amines) is 1. The number of rotatable bonds is 8. The molecule has 2 amide bonds. The summed E-state index contributed by atoms with van der Waals surface area (Å²) in [7, 11) is 0. The Hall–Kier alpha value is -5.06. The first-order valence-electron chi connectivity index (χ1n) is 14.5. The zero-order chi connectivity index (χ0) is 29.9. The van der Waals surface area contributed by atoms with E-state index in [4.69, 9.17) is 4.84 Å². The number of amides is 2. The Morgan fingerprint density at radius 1 is 0.744 bits per heavy atom. The average Bonchev–Trinajstić information content (AvgIpc) is 3.31. The predicted molar refractivity (Wildman–Crippen MR) is 161 cm³/mol. The number of fused-ring (bicyclic) bond motifs is 1. The van der Waals surface area contributed by atoms with E-state index in [1.165, 1.54) is 0 Å². The van der Waals surface area contributed by atoms with Gasteiger partial charge in [-0.1, -0.05) is 108 Å². The number of hydrogen-bond acceptors (Lipinski definition) is 6. The quantitative estimate of drug-likeness (QED) is 0.254. The summed E-state index contributed by atoms with van der Waals surface area (Å²) >= 11 is 0. The standard InChI is InChI=1S/C36H31N3O4/c37-26-36(28-14-6-2-7-15-28,29-16-8-3-9-17-29)22-25-38-23-20-35(21-24-38,27-12-4-1-5-13-27)34(42)43-39-32(40)30-18-10-11-19-31(30)33(39)41/h1-19H,20-25H2. The average molecular weight is 570 g/mol. The molecule has 0 atom stereocenters. The van der Waals surface area contributed by atoms with Crippen LogP contribution in [0.25, 0.3) is 0 Å². The summed E-state index contributed by atoms with van der Waals surface area (Å²) in [4.78, 5) is 47.7. The summed E-state index contributed by atoms with van der Waals surface area (Å²) in [5.74, 6) is -1.89. The fourth-order valence-corrected chi connectivity index (χ4v) is 6.36. The SMILES string of the molecule is N#CC(CCN1CCC(C(=O)ON2C(=O)c3ccccc3C2=O)(c2ccccc2)CC1)(c1ccccc1)c1ccccc1. The summed E-state index contributed by atoms with van der Waals surface area (Å²) < 4.78 is 0. The second-order valence-corrected chi connectivity index (χ2v) is 11.1. The smallest absolute Gasteiger partial charge is 0.329 e. The zero-order valence-corrected chi connectivity index (χ0v) is 23.7. The van der Waals surface area contributed by atoms with Gasteiger partial charge in [0.15, 0.2) is 0 Å². The van der Waals surface area contributed by atoms with E-state index in [1.54, 1.807) is 24.3 Å². The highest BCUT2D eigenvalue weighted by atomic mass is 16.7. The van der Waals surface area contributed by atoms with Gasteiger partial charge in [0.2, 0.25) is 0 Å². The number of carbonyl (C=O) groups excluding carboxylic acids is 3. The first kappa shape index (κ1) is 28.1. The number of piperidine rings is 1. The first-order valence-corrected chi connectivity index (χ1v) is 14.5. The van der Waals surface area contributed by atoms with Crippen LogP contribution in [-0.2, 0) is 20.5 Å². The van der Waals surface area contributed by atoms with Crippen molar-refractivity contribution in [3.8, 4) is 6.07 Å². The first-order chi connectivity index (χ1) is 21.0. The monoisotopic (exact) mass is 569 g/mol.